The maximum Gasteiger partial charge on any atom is 0.295 e. The smallest absolute Gasteiger partial charge is 0.280 e. The molecule has 7 heteroatoms. The summed E-state index contributed by atoms with van der Waals surface area (Å²) in [6.45, 7) is 3.31. The monoisotopic (exact) mass is 208 g/mol. The van der Waals surface area contributed by atoms with E-state index in [0.717, 1.165) is 0 Å². The molecule has 12 heavy (non-hydrogen) atoms. The van der Waals surface area contributed by atoms with Crippen LogP contribution < -0.4 is 10.9 Å². The zero-order valence-electron chi connectivity index (χ0n) is 6.11. The van der Waals surface area contributed by atoms with Gasteiger partial charge in [0.25, 0.3) is 5.24 Å². The van der Waals surface area contributed by atoms with Crippen LogP contribution in [0.4, 0.5) is 4.79 Å². The molecular formula is C5H8N2O3S2. The van der Waals surface area contributed by atoms with Gasteiger partial charge in [0.05, 0.1) is 5.75 Å². The van der Waals surface area contributed by atoms with Gasteiger partial charge in [-0.05, 0) is 11.8 Å². The van der Waals surface area contributed by atoms with Crippen LogP contribution in [0.5, 0.6) is 0 Å². The van der Waals surface area contributed by atoms with Gasteiger partial charge >= 0.3 is 0 Å². The average Bonchev–Trinajstić information content (AvgIpc) is 2.36. The summed E-state index contributed by atoms with van der Waals surface area (Å²) in [5, 5.41) is -0.382. The number of hydrogen-bond acceptors (Lipinski definition) is 5. The summed E-state index contributed by atoms with van der Waals surface area (Å²) < 4.78 is 21.6. The third kappa shape index (κ3) is 1.99. The Bertz CT molecular complexity index is 298. The molecule has 0 saturated carbocycles. The third-order valence-electron chi connectivity index (χ3n) is 1.18. The molecule has 1 atom stereocenters. The van der Waals surface area contributed by atoms with E-state index < -0.39 is 14.5 Å². The summed E-state index contributed by atoms with van der Waals surface area (Å²) >= 11 is 0.716. The van der Waals surface area contributed by atoms with Crippen molar-refractivity contribution >= 4 is 26.8 Å². The van der Waals surface area contributed by atoms with Crippen molar-refractivity contribution in [2.45, 2.75) is 4.71 Å². The van der Waals surface area contributed by atoms with Gasteiger partial charge in [0.1, 0.15) is 0 Å². The predicted octanol–water partition coefficient (Wildman–Crippen LogP) is -0.168. The van der Waals surface area contributed by atoms with Crippen molar-refractivity contribution in [1.82, 2.24) is 10.9 Å². The molecule has 2 N–H and O–H groups in total. The lowest BCUT2D eigenvalue weighted by Crippen LogP contribution is -2.36. The second kappa shape index (κ2) is 3.46. The summed E-state index contributed by atoms with van der Waals surface area (Å²) in [4.78, 5) is 10.6. The van der Waals surface area contributed by atoms with Gasteiger partial charge in [-0.3, -0.25) is 10.2 Å². The molecule has 1 aliphatic heterocycles. The number of carbonyl (C=O) groups excluding carboxylic acids is 1. The highest BCUT2D eigenvalue weighted by Crippen LogP contribution is 2.19. The molecule has 1 saturated heterocycles. The molecule has 1 aliphatic rings. The van der Waals surface area contributed by atoms with Crippen molar-refractivity contribution in [2.24, 2.45) is 0 Å². The Hall–Kier alpha value is -0.530. The van der Waals surface area contributed by atoms with E-state index in [9.17, 15) is 13.2 Å². The minimum atomic E-state index is -3.29. The highest BCUT2D eigenvalue weighted by molar-refractivity contribution is 8.22. The molecule has 1 amide bonds. The lowest BCUT2D eigenvalue weighted by Gasteiger charge is -2.05. The molecule has 0 bridgehead atoms. The third-order valence-corrected chi connectivity index (χ3v) is 4.47. The second-order valence-electron chi connectivity index (χ2n) is 2.12. The molecule has 1 rings (SSSR count). The number of carbonyl (C=O) groups is 1. The van der Waals surface area contributed by atoms with E-state index in [1.165, 1.54) is 6.08 Å². The molecular weight excluding hydrogens is 200 g/mol. The normalized spacial score (nSPS) is 23.7. The number of sulfone groups is 1. The summed E-state index contributed by atoms with van der Waals surface area (Å²) in [5.74, 6) is -0.132. The van der Waals surface area contributed by atoms with E-state index >= 15 is 0 Å². The first kappa shape index (κ1) is 9.56. The van der Waals surface area contributed by atoms with Crippen LogP contribution in [0.3, 0.4) is 0 Å². The number of thioether (sulfide) groups is 1. The van der Waals surface area contributed by atoms with E-state index in [2.05, 4.69) is 17.4 Å². The molecule has 0 aromatic heterocycles. The lowest BCUT2D eigenvalue weighted by molar-refractivity contribution is 0.259. The van der Waals surface area contributed by atoms with Crippen LogP contribution >= 0.6 is 11.8 Å². The minimum Gasteiger partial charge on any atom is -0.280 e. The molecule has 0 aliphatic carbocycles. The molecule has 1 heterocycles. The topological polar surface area (TPSA) is 75.3 Å². The average molecular weight is 208 g/mol. The van der Waals surface area contributed by atoms with Gasteiger partial charge in [0.2, 0.25) is 0 Å². The fourth-order valence-corrected chi connectivity index (χ4v) is 2.95. The SMILES string of the molecule is C=CCS(=O)(=O)C1NNC(=O)S1. The van der Waals surface area contributed by atoms with Gasteiger partial charge in [-0.2, -0.15) is 0 Å². The Morgan fingerprint density at radius 2 is 2.33 bits per heavy atom. The maximum absolute atomic E-state index is 11.2. The van der Waals surface area contributed by atoms with Gasteiger partial charge in [0, 0.05) is 0 Å². The Labute approximate surface area is 74.5 Å². The molecule has 0 spiro atoms. The second-order valence-corrected chi connectivity index (χ2v) is 5.63. The summed E-state index contributed by atoms with van der Waals surface area (Å²) in [5.41, 5.74) is 4.55. The van der Waals surface area contributed by atoms with Gasteiger partial charge in [0.15, 0.2) is 14.5 Å². The fourth-order valence-electron chi connectivity index (χ4n) is 0.689. The van der Waals surface area contributed by atoms with E-state index in [-0.39, 0.29) is 11.0 Å². The van der Waals surface area contributed by atoms with Crippen LogP contribution in [0.2, 0.25) is 0 Å². The van der Waals surface area contributed by atoms with E-state index in [1.54, 1.807) is 0 Å². The molecule has 1 unspecified atom stereocenters. The van der Waals surface area contributed by atoms with Crippen molar-refractivity contribution < 1.29 is 13.2 Å². The van der Waals surface area contributed by atoms with E-state index in [4.69, 9.17) is 0 Å². The van der Waals surface area contributed by atoms with Crippen LogP contribution in [0.25, 0.3) is 0 Å². The van der Waals surface area contributed by atoms with Crippen molar-refractivity contribution in [2.75, 3.05) is 5.75 Å². The first-order chi connectivity index (χ1) is 5.56. The fraction of sp³-hybridized carbons (Fsp3) is 0.400. The van der Waals surface area contributed by atoms with Crippen molar-refractivity contribution in [3.05, 3.63) is 12.7 Å². The van der Waals surface area contributed by atoms with Crippen LogP contribution in [0.15, 0.2) is 12.7 Å². The summed E-state index contributed by atoms with van der Waals surface area (Å²) in [6.07, 6.45) is 1.29. The van der Waals surface area contributed by atoms with Crippen LogP contribution in [-0.4, -0.2) is 24.1 Å². The highest BCUT2D eigenvalue weighted by Gasteiger charge is 2.32. The van der Waals surface area contributed by atoms with Crippen molar-refractivity contribution in [1.29, 1.82) is 0 Å². The zero-order valence-corrected chi connectivity index (χ0v) is 7.74. The minimum absolute atomic E-state index is 0.132. The van der Waals surface area contributed by atoms with E-state index in [0.29, 0.717) is 11.8 Å². The summed E-state index contributed by atoms with van der Waals surface area (Å²) in [7, 11) is -3.29. The number of rotatable bonds is 3. The lowest BCUT2D eigenvalue weighted by atomic mass is 10.8. The van der Waals surface area contributed by atoms with Crippen molar-refractivity contribution in [3.8, 4) is 0 Å². The van der Waals surface area contributed by atoms with Gasteiger partial charge in [-0.1, -0.05) is 6.08 Å². The Morgan fingerprint density at radius 1 is 1.67 bits per heavy atom. The summed E-state index contributed by atoms with van der Waals surface area (Å²) in [6, 6.07) is 0. The number of hydrazine groups is 1. The largest absolute Gasteiger partial charge is 0.295 e. The molecule has 0 aromatic rings. The Morgan fingerprint density at radius 3 is 2.75 bits per heavy atom. The van der Waals surface area contributed by atoms with Gasteiger partial charge in [-0.15, -0.1) is 6.58 Å². The Kier molecular flexibility index (Phi) is 2.76. The maximum atomic E-state index is 11.2. The Balaban J connectivity index is 2.70. The number of nitrogens with one attached hydrogen (secondary N) is 2. The molecule has 68 valence electrons. The van der Waals surface area contributed by atoms with Gasteiger partial charge < -0.3 is 0 Å². The van der Waals surface area contributed by atoms with Crippen LogP contribution in [0.1, 0.15) is 0 Å². The quantitative estimate of drug-likeness (QED) is 0.630. The van der Waals surface area contributed by atoms with Crippen molar-refractivity contribution in [3.63, 3.8) is 0 Å². The zero-order chi connectivity index (χ0) is 9.19. The number of hydrogen-bond donors (Lipinski definition) is 2. The molecule has 5 nitrogen and oxygen atoms in total. The standard InChI is InChI=1S/C5H8N2O3S2/c1-2-3-12(9,10)5-7-6-4(8)11-5/h2,5,7H,1,3H2,(H,6,8). The van der Waals surface area contributed by atoms with E-state index in [1.807, 2.05) is 0 Å². The predicted molar refractivity (Wildman–Crippen MR) is 47.0 cm³/mol. The first-order valence-electron chi connectivity index (χ1n) is 3.11. The molecule has 0 radical (unpaired) electrons. The van der Waals surface area contributed by atoms with Crippen LogP contribution in [0, 0.1) is 0 Å². The molecule has 1 fully saturated rings. The number of amides is 1. The van der Waals surface area contributed by atoms with Gasteiger partial charge in [-0.25, -0.2) is 13.8 Å². The first-order valence-corrected chi connectivity index (χ1v) is 5.70. The molecule has 0 aromatic carbocycles. The highest BCUT2D eigenvalue weighted by atomic mass is 32.3. The van der Waals surface area contributed by atoms with Crippen LogP contribution in [-0.2, 0) is 9.84 Å².